The van der Waals surface area contributed by atoms with Gasteiger partial charge in [0.05, 0.1) is 23.4 Å². The number of carbonyl (C=O) groups is 1. The Kier molecular flexibility index (Phi) is 4.07. The summed E-state index contributed by atoms with van der Waals surface area (Å²) in [7, 11) is 1.46. The number of aromatic carboxylic acids is 1. The highest BCUT2D eigenvalue weighted by Crippen LogP contribution is 2.32. The normalized spacial score (nSPS) is 10.8. The molecule has 0 saturated heterocycles. The third-order valence-electron chi connectivity index (χ3n) is 3.51. The number of ether oxygens (including phenoxy) is 1. The lowest BCUT2D eigenvalue weighted by Crippen LogP contribution is -2.02. The number of fused-ring (bicyclic) bond motifs is 1. The lowest BCUT2D eigenvalue weighted by atomic mass is 10.0. The van der Waals surface area contributed by atoms with Crippen molar-refractivity contribution < 1.29 is 23.4 Å². The van der Waals surface area contributed by atoms with Crippen LogP contribution >= 0.6 is 11.6 Å². The van der Waals surface area contributed by atoms with E-state index in [4.69, 9.17) is 16.3 Å². The fraction of sp³-hybridized carbons (Fsp3) is 0.0588. The number of carboxylic acid groups (broad SMARTS) is 1. The van der Waals surface area contributed by atoms with Crippen molar-refractivity contribution in [3.05, 3.63) is 58.6 Å². The van der Waals surface area contributed by atoms with Crippen LogP contribution < -0.4 is 4.74 Å². The van der Waals surface area contributed by atoms with Gasteiger partial charge in [-0.15, -0.1) is 0 Å². The second-order valence-corrected chi connectivity index (χ2v) is 5.40. The first-order valence-electron chi connectivity index (χ1n) is 6.77. The van der Waals surface area contributed by atoms with Gasteiger partial charge in [-0.3, -0.25) is 0 Å². The van der Waals surface area contributed by atoms with Gasteiger partial charge in [0.1, 0.15) is 17.1 Å². The summed E-state index contributed by atoms with van der Waals surface area (Å²) in [5.74, 6) is -2.68. The SMILES string of the molecule is COc1ccc(-c2cc(C(=O)O)c3cc(F)cc(F)c3n2)cc1Cl. The summed E-state index contributed by atoms with van der Waals surface area (Å²) < 4.78 is 32.5. The molecule has 0 amide bonds. The highest BCUT2D eigenvalue weighted by molar-refractivity contribution is 6.32. The molecule has 4 nitrogen and oxygen atoms in total. The second kappa shape index (κ2) is 6.05. The van der Waals surface area contributed by atoms with Gasteiger partial charge < -0.3 is 9.84 Å². The lowest BCUT2D eigenvalue weighted by Gasteiger charge is -2.10. The number of hydrogen-bond donors (Lipinski definition) is 1. The molecule has 0 bridgehead atoms. The largest absolute Gasteiger partial charge is 0.495 e. The predicted molar refractivity (Wildman–Crippen MR) is 85.6 cm³/mol. The monoisotopic (exact) mass is 349 g/mol. The predicted octanol–water partition coefficient (Wildman–Crippen LogP) is 4.54. The van der Waals surface area contributed by atoms with E-state index in [1.807, 2.05) is 0 Å². The number of carboxylic acids is 1. The van der Waals surface area contributed by atoms with E-state index in [1.54, 1.807) is 12.1 Å². The number of methoxy groups -OCH3 is 1. The van der Waals surface area contributed by atoms with Crippen LogP contribution in [0.1, 0.15) is 10.4 Å². The number of halogens is 3. The Balaban J connectivity index is 2.30. The zero-order chi connectivity index (χ0) is 17.4. The van der Waals surface area contributed by atoms with E-state index < -0.39 is 17.6 Å². The third kappa shape index (κ3) is 2.76. The summed E-state index contributed by atoms with van der Waals surface area (Å²) in [4.78, 5) is 15.6. The van der Waals surface area contributed by atoms with Crippen molar-refractivity contribution >= 4 is 28.5 Å². The van der Waals surface area contributed by atoms with E-state index in [9.17, 15) is 18.7 Å². The standard InChI is InChI=1S/C17H10ClF2NO3/c1-24-15-3-2-8(4-12(15)18)14-7-11(17(22)23)10-5-9(19)6-13(20)16(10)21-14/h2-7H,1H3,(H,22,23). The fourth-order valence-electron chi connectivity index (χ4n) is 2.40. The molecule has 122 valence electrons. The third-order valence-corrected chi connectivity index (χ3v) is 3.80. The van der Waals surface area contributed by atoms with Crippen LogP contribution in [0.4, 0.5) is 8.78 Å². The zero-order valence-electron chi connectivity index (χ0n) is 12.3. The topological polar surface area (TPSA) is 59.4 Å². The Morgan fingerprint density at radius 3 is 2.58 bits per heavy atom. The molecule has 0 aliphatic heterocycles. The minimum atomic E-state index is -1.31. The summed E-state index contributed by atoms with van der Waals surface area (Å²) in [5.41, 5.74) is 0.211. The summed E-state index contributed by atoms with van der Waals surface area (Å²) in [6.45, 7) is 0. The maximum atomic E-state index is 14.0. The highest BCUT2D eigenvalue weighted by atomic mass is 35.5. The van der Waals surface area contributed by atoms with Gasteiger partial charge in [0, 0.05) is 17.0 Å². The molecule has 24 heavy (non-hydrogen) atoms. The summed E-state index contributed by atoms with van der Waals surface area (Å²) in [6.07, 6.45) is 0. The fourth-order valence-corrected chi connectivity index (χ4v) is 2.66. The highest BCUT2D eigenvalue weighted by Gasteiger charge is 2.17. The van der Waals surface area contributed by atoms with Crippen LogP contribution in [-0.4, -0.2) is 23.2 Å². The van der Waals surface area contributed by atoms with Gasteiger partial charge in [0.25, 0.3) is 0 Å². The van der Waals surface area contributed by atoms with Gasteiger partial charge >= 0.3 is 5.97 Å². The van der Waals surface area contributed by atoms with Crippen LogP contribution in [0.2, 0.25) is 5.02 Å². The first kappa shape index (κ1) is 16.1. The molecule has 2 aromatic carbocycles. The van der Waals surface area contributed by atoms with Crippen molar-refractivity contribution in [2.45, 2.75) is 0 Å². The van der Waals surface area contributed by atoms with Crippen molar-refractivity contribution in [1.82, 2.24) is 4.98 Å². The van der Waals surface area contributed by atoms with Gasteiger partial charge in [0.2, 0.25) is 0 Å². The lowest BCUT2D eigenvalue weighted by molar-refractivity contribution is 0.0699. The summed E-state index contributed by atoms with van der Waals surface area (Å²) in [5, 5.41) is 9.55. The molecule has 0 aliphatic rings. The summed E-state index contributed by atoms with van der Waals surface area (Å²) in [6, 6.07) is 7.59. The van der Waals surface area contributed by atoms with Crippen molar-refractivity contribution in [3.8, 4) is 17.0 Å². The van der Waals surface area contributed by atoms with Gasteiger partial charge in [-0.2, -0.15) is 0 Å². The molecule has 0 aliphatic carbocycles. The molecule has 0 fully saturated rings. The quantitative estimate of drug-likeness (QED) is 0.754. The average Bonchev–Trinajstić information content (AvgIpc) is 2.53. The van der Waals surface area contributed by atoms with E-state index >= 15 is 0 Å². The van der Waals surface area contributed by atoms with Crippen molar-refractivity contribution in [2.24, 2.45) is 0 Å². The first-order chi connectivity index (χ1) is 11.4. The molecule has 1 N–H and O–H groups in total. The molecule has 0 spiro atoms. The maximum absolute atomic E-state index is 14.0. The molecular weight excluding hydrogens is 340 g/mol. The number of hydrogen-bond acceptors (Lipinski definition) is 3. The van der Waals surface area contributed by atoms with Crippen molar-refractivity contribution in [1.29, 1.82) is 0 Å². The molecule has 1 aromatic heterocycles. The minimum absolute atomic E-state index is 0.108. The number of benzene rings is 2. The van der Waals surface area contributed by atoms with Gasteiger partial charge in [-0.25, -0.2) is 18.6 Å². The number of aromatic nitrogens is 1. The van der Waals surface area contributed by atoms with Crippen LogP contribution in [0, 0.1) is 11.6 Å². The average molecular weight is 350 g/mol. The Hall–Kier alpha value is -2.73. The Labute approximate surface area is 140 Å². The molecule has 0 unspecified atom stereocenters. The van der Waals surface area contributed by atoms with E-state index in [-0.39, 0.29) is 22.2 Å². The second-order valence-electron chi connectivity index (χ2n) is 4.99. The van der Waals surface area contributed by atoms with Crippen molar-refractivity contribution in [3.63, 3.8) is 0 Å². The molecule has 3 aromatic rings. The molecule has 0 atom stereocenters. The van der Waals surface area contributed by atoms with E-state index in [0.29, 0.717) is 22.4 Å². The Bertz CT molecular complexity index is 976. The first-order valence-corrected chi connectivity index (χ1v) is 7.15. The van der Waals surface area contributed by atoms with Gasteiger partial charge in [-0.05, 0) is 30.3 Å². The Morgan fingerprint density at radius 1 is 1.21 bits per heavy atom. The van der Waals surface area contributed by atoms with Crippen LogP contribution in [0.3, 0.4) is 0 Å². The van der Waals surface area contributed by atoms with Crippen LogP contribution in [0.15, 0.2) is 36.4 Å². The van der Waals surface area contributed by atoms with Gasteiger partial charge in [0.15, 0.2) is 5.82 Å². The smallest absolute Gasteiger partial charge is 0.336 e. The number of rotatable bonds is 3. The molecule has 0 saturated carbocycles. The molecule has 1 heterocycles. The molecular formula is C17H10ClF2NO3. The maximum Gasteiger partial charge on any atom is 0.336 e. The molecule has 7 heteroatoms. The van der Waals surface area contributed by atoms with E-state index in [1.165, 1.54) is 19.2 Å². The van der Waals surface area contributed by atoms with E-state index in [2.05, 4.69) is 4.98 Å². The minimum Gasteiger partial charge on any atom is -0.495 e. The van der Waals surface area contributed by atoms with Gasteiger partial charge in [-0.1, -0.05) is 11.6 Å². The van der Waals surface area contributed by atoms with Crippen molar-refractivity contribution in [2.75, 3.05) is 7.11 Å². The summed E-state index contributed by atoms with van der Waals surface area (Å²) >= 11 is 6.06. The number of nitrogens with zero attached hydrogens (tertiary/aromatic N) is 1. The molecule has 0 radical (unpaired) electrons. The van der Waals surface area contributed by atoms with Crippen LogP contribution in [0.5, 0.6) is 5.75 Å². The van der Waals surface area contributed by atoms with Crippen LogP contribution in [0.25, 0.3) is 22.2 Å². The number of pyridine rings is 1. The zero-order valence-corrected chi connectivity index (χ0v) is 13.1. The van der Waals surface area contributed by atoms with E-state index in [0.717, 1.165) is 6.07 Å². The molecule has 3 rings (SSSR count). The Morgan fingerprint density at radius 2 is 1.96 bits per heavy atom. The van der Waals surface area contributed by atoms with Crippen LogP contribution in [-0.2, 0) is 0 Å².